The Labute approximate surface area is 168 Å². The Morgan fingerprint density at radius 2 is 1.75 bits per heavy atom. The zero-order valence-electron chi connectivity index (χ0n) is 17.3. The molecule has 1 saturated heterocycles. The second-order valence-electron chi connectivity index (χ2n) is 8.44. The van der Waals surface area contributed by atoms with Gasteiger partial charge in [0.15, 0.2) is 0 Å². The van der Waals surface area contributed by atoms with Crippen LogP contribution in [0.25, 0.3) is 0 Å². The van der Waals surface area contributed by atoms with Crippen LogP contribution in [0.3, 0.4) is 0 Å². The first-order valence-electron chi connectivity index (χ1n) is 10.1. The number of benzene rings is 2. The SMILES string of the molecule is Cc1ccc(Cc2ccccc2C(=O)N2C[C@@H](CO)C[C@@H](CN(C)C)C2)cc1. The van der Waals surface area contributed by atoms with Gasteiger partial charge in [0.25, 0.3) is 5.91 Å². The fourth-order valence-electron chi connectivity index (χ4n) is 4.24. The van der Waals surface area contributed by atoms with Crippen molar-refractivity contribution in [1.29, 1.82) is 0 Å². The van der Waals surface area contributed by atoms with E-state index in [1.54, 1.807) is 0 Å². The van der Waals surface area contributed by atoms with Gasteiger partial charge in [0.2, 0.25) is 0 Å². The number of likely N-dealkylation sites (tertiary alicyclic amines) is 1. The van der Waals surface area contributed by atoms with Crippen molar-refractivity contribution in [2.75, 3.05) is 40.3 Å². The maximum absolute atomic E-state index is 13.4. The highest BCUT2D eigenvalue weighted by Crippen LogP contribution is 2.25. The van der Waals surface area contributed by atoms with Crippen LogP contribution in [0.4, 0.5) is 0 Å². The van der Waals surface area contributed by atoms with Crippen LogP contribution in [-0.4, -0.2) is 61.2 Å². The van der Waals surface area contributed by atoms with Gasteiger partial charge in [-0.05, 0) is 62.9 Å². The van der Waals surface area contributed by atoms with Crippen molar-refractivity contribution in [3.8, 4) is 0 Å². The molecular formula is C24H32N2O2. The first-order chi connectivity index (χ1) is 13.5. The second kappa shape index (κ2) is 9.35. The van der Waals surface area contributed by atoms with Crippen molar-refractivity contribution in [3.63, 3.8) is 0 Å². The minimum absolute atomic E-state index is 0.0876. The van der Waals surface area contributed by atoms with Gasteiger partial charge in [-0.3, -0.25) is 4.79 Å². The van der Waals surface area contributed by atoms with Crippen LogP contribution in [0.5, 0.6) is 0 Å². The van der Waals surface area contributed by atoms with Gasteiger partial charge in [0.05, 0.1) is 0 Å². The zero-order chi connectivity index (χ0) is 20.1. The van der Waals surface area contributed by atoms with Crippen LogP contribution < -0.4 is 0 Å². The molecule has 1 aliphatic heterocycles. The summed E-state index contributed by atoms with van der Waals surface area (Å²) in [6, 6.07) is 16.4. The van der Waals surface area contributed by atoms with Crippen molar-refractivity contribution < 1.29 is 9.90 Å². The summed E-state index contributed by atoms with van der Waals surface area (Å²) in [5.74, 6) is 0.644. The summed E-state index contributed by atoms with van der Waals surface area (Å²) in [4.78, 5) is 17.5. The molecule has 1 fully saturated rings. The molecule has 150 valence electrons. The summed E-state index contributed by atoms with van der Waals surface area (Å²) in [5.41, 5.74) is 4.29. The normalized spacial score (nSPS) is 19.8. The topological polar surface area (TPSA) is 43.8 Å². The smallest absolute Gasteiger partial charge is 0.254 e. The zero-order valence-corrected chi connectivity index (χ0v) is 17.3. The van der Waals surface area contributed by atoms with E-state index in [9.17, 15) is 9.90 Å². The molecule has 3 rings (SSSR count). The number of aryl methyl sites for hydroxylation is 1. The fourth-order valence-corrected chi connectivity index (χ4v) is 4.24. The quantitative estimate of drug-likeness (QED) is 0.837. The molecule has 2 atom stereocenters. The predicted molar refractivity (Wildman–Crippen MR) is 114 cm³/mol. The van der Waals surface area contributed by atoms with Gasteiger partial charge in [0, 0.05) is 31.8 Å². The number of carbonyl (C=O) groups excluding carboxylic acids is 1. The van der Waals surface area contributed by atoms with Gasteiger partial charge < -0.3 is 14.9 Å². The van der Waals surface area contributed by atoms with Gasteiger partial charge in [0.1, 0.15) is 0 Å². The van der Waals surface area contributed by atoms with Gasteiger partial charge >= 0.3 is 0 Å². The molecule has 1 amide bonds. The summed E-state index contributed by atoms with van der Waals surface area (Å²) in [6.07, 6.45) is 1.73. The summed E-state index contributed by atoms with van der Waals surface area (Å²) in [6.45, 7) is 4.55. The Morgan fingerprint density at radius 1 is 1.07 bits per heavy atom. The molecule has 4 nitrogen and oxygen atoms in total. The molecule has 0 spiro atoms. The highest BCUT2D eigenvalue weighted by atomic mass is 16.3. The number of rotatable bonds is 6. The monoisotopic (exact) mass is 380 g/mol. The molecule has 1 aliphatic rings. The van der Waals surface area contributed by atoms with Crippen molar-refractivity contribution >= 4 is 5.91 Å². The molecule has 0 bridgehead atoms. The lowest BCUT2D eigenvalue weighted by molar-refractivity contribution is 0.0477. The van der Waals surface area contributed by atoms with E-state index in [0.717, 1.165) is 37.1 Å². The number of amides is 1. The number of hydrogen-bond donors (Lipinski definition) is 1. The van der Waals surface area contributed by atoms with Gasteiger partial charge in [-0.25, -0.2) is 0 Å². The van der Waals surface area contributed by atoms with E-state index in [0.29, 0.717) is 12.5 Å². The van der Waals surface area contributed by atoms with Crippen LogP contribution in [-0.2, 0) is 6.42 Å². The highest BCUT2D eigenvalue weighted by molar-refractivity contribution is 5.96. The fraction of sp³-hybridized carbons (Fsp3) is 0.458. The van der Waals surface area contributed by atoms with Crippen LogP contribution in [0.1, 0.15) is 33.5 Å². The number of nitrogens with zero attached hydrogens (tertiary/aromatic N) is 2. The third-order valence-electron chi connectivity index (χ3n) is 5.56. The van der Waals surface area contributed by atoms with E-state index in [-0.39, 0.29) is 18.4 Å². The van der Waals surface area contributed by atoms with Crippen molar-refractivity contribution in [3.05, 3.63) is 70.8 Å². The minimum Gasteiger partial charge on any atom is -0.396 e. The largest absolute Gasteiger partial charge is 0.396 e. The van der Waals surface area contributed by atoms with Crippen LogP contribution in [0.15, 0.2) is 48.5 Å². The Hall–Kier alpha value is -2.17. The van der Waals surface area contributed by atoms with Crippen LogP contribution in [0, 0.1) is 18.8 Å². The lowest BCUT2D eigenvalue weighted by Crippen LogP contribution is -2.47. The number of piperidine rings is 1. The first kappa shape index (κ1) is 20.6. The second-order valence-corrected chi connectivity index (χ2v) is 8.44. The van der Waals surface area contributed by atoms with E-state index in [2.05, 4.69) is 56.3 Å². The Kier molecular flexibility index (Phi) is 6.87. The first-order valence-corrected chi connectivity index (χ1v) is 10.1. The van der Waals surface area contributed by atoms with E-state index < -0.39 is 0 Å². The average molecular weight is 381 g/mol. The molecule has 4 heteroatoms. The molecular weight excluding hydrogens is 348 g/mol. The molecule has 0 aliphatic carbocycles. The van der Waals surface area contributed by atoms with Crippen molar-refractivity contribution in [2.45, 2.75) is 19.8 Å². The van der Waals surface area contributed by atoms with E-state index in [1.807, 2.05) is 23.1 Å². The van der Waals surface area contributed by atoms with Gasteiger partial charge in [-0.2, -0.15) is 0 Å². The number of carbonyl (C=O) groups is 1. The third-order valence-corrected chi connectivity index (χ3v) is 5.56. The standard InChI is InChI=1S/C24H32N2O2/c1-18-8-10-19(11-9-18)13-22-6-4-5-7-23(22)24(28)26-15-20(14-25(2)3)12-21(16-26)17-27/h4-11,20-21,27H,12-17H2,1-3H3/t20-,21-/m0/s1. The number of aliphatic hydroxyl groups excluding tert-OH is 1. The third kappa shape index (κ3) is 5.21. The van der Waals surface area contributed by atoms with Crippen LogP contribution in [0.2, 0.25) is 0 Å². The van der Waals surface area contributed by atoms with E-state index >= 15 is 0 Å². The molecule has 1 heterocycles. The lowest BCUT2D eigenvalue weighted by Gasteiger charge is -2.38. The predicted octanol–water partition coefficient (Wildman–Crippen LogP) is 3.22. The van der Waals surface area contributed by atoms with Gasteiger partial charge in [-0.1, -0.05) is 48.0 Å². The average Bonchev–Trinajstić information content (AvgIpc) is 2.69. The molecule has 1 N–H and O–H groups in total. The summed E-state index contributed by atoms with van der Waals surface area (Å²) in [5, 5.41) is 9.73. The van der Waals surface area contributed by atoms with E-state index in [4.69, 9.17) is 0 Å². The minimum atomic E-state index is 0.0876. The summed E-state index contributed by atoms with van der Waals surface area (Å²) in [7, 11) is 4.12. The number of aliphatic hydroxyl groups is 1. The molecule has 0 radical (unpaired) electrons. The van der Waals surface area contributed by atoms with Crippen molar-refractivity contribution in [1.82, 2.24) is 9.80 Å². The lowest BCUT2D eigenvalue weighted by atomic mass is 9.88. The summed E-state index contributed by atoms with van der Waals surface area (Å²) >= 11 is 0. The Bertz CT molecular complexity index is 785. The molecule has 2 aromatic rings. The molecule has 0 unspecified atom stereocenters. The number of hydrogen-bond acceptors (Lipinski definition) is 3. The van der Waals surface area contributed by atoms with Crippen molar-refractivity contribution in [2.24, 2.45) is 11.8 Å². The molecule has 0 saturated carbocycles. The highest BCUT2D eigenvalue weighted by Gasteiger charge is 2.31. The Balaban J connectivity index is 1.80. The molecule has 28 heavy (non-hydrogen) atoms. The summed E-state index contributed by atoms with van der Waals surface area (Å²) < 4.78 is 0. The Morgan fingerprint density at radius 3 is 2.43 bits per heavy atom. The maximum atomic E-state index is 13.4. The van der Waals surface area contributed by atoms with Gasteiger partial charge in [-0.15, -0.1) is 0 Å². The molecule has 0 aromatic heterocycles. The molecule has 2 aromatic carbocycles. The van der Waals surface area contributed by atoms with Crippen LogP contribution >= 0.6 is 0 Å². The van der Waals surface area contributed by atoms with E-state index in [1.165, 1.54) is 11.1 Å². The maximum Gasteiger partial charge on any atom is 0.254 e.